The molecule has 3 aliphatic rings. The Morgan fingerprint density at radius 1 is 1.23 bits per heavy atom. The van der Waals surface area contributed by atoms with Gasteiger partial charge in [-0.1, -0.05) is 6.58 Å². The zero-order valence-electron chi connectivity index (χ0n) is 17.2. The van der Waals surface area contributed by atoms with E-state index >= 15 is 0 Å². The first-order chi connectivity index (χ1) is 14.5. The van der Waals surface area contributed by atoms with Gasteiger partial charge >= 0.3 is 17.9 Å². The summed E-state index contributed by atoms with van der Waals surface area (Å²) in [7, 11) is -3.98. The summed E-state index contributed by atoms with van der Waals surface area (Å²) in [5.41, 5.74) is -1.87. The van der Waals surface area contributed by atoms with Crippen LogP contribution in [-0.4, -0.2) is 70.1 Å². The molecule has 12 heteroatoms. The Kier molecular flexibility index (Phi) is 6.16. The quantitative estimate of drug-likeness (QED) is 0.108. The Hall–Kier alpha value is -2.47. The number of esters is 3. The highest BCUT2D eigenvalue weighted by Crippen LogP contribution is 2.70. The van der Waals surface area contributed by atoms with E-state index in [1.807, 2.05) is 0 Å². The van der Waals surface area contributed by atoms with Crippen LogP contribution >= 0.6 is 0 Å². The second kappa shape index (κ2) is 8.23. The van der Waals surface area contributed by atoms with Gasteiger partial charge in [0, 0.05) is 23.3 Å². The van der Waals surface area contributed by atoms with Crippen molar-refractivity contribution >= 4 is 34.5 Å². The van der Waals surface area contributed by atoms with E-state index < -0.39 is 62.9 Å². The molecule has 0 amide bonds. The summed E-state index contributed by atoms with van der Waals surface area (Å²) in [5.74, 6) is -2.25. The molecule has 3 fully saturated rings. The molecule has 5 atom stereocenters. The van der Waals surface area contributed by atoms with Crippen molar-refractivity contribution in [3.8, 4) is 0 Å². The van der Waals surface area contributed by atoms with Crippen LogP contribution in [-0.2, 0) is 52.4 Å². The third-order valence-electron chi connectivity index (χ3n) is 6.19. The lowest BCUT2D eigenvalue weighted by atomic mass is 9.76. The molecule has 2 aliphatic carbocycles. The fourth-order valence-electron chi connectivity index (χ4n) is 5.02. The Bertz CT molecular complexity index is 910. The van der Waals surface area contributed by atoms with Crippen molar-refractivity contribution in [2.24, 2.45) is 10.8 Å². The van der Waals surface area contributed by atoms with Gasteiger partial charge in [-0.25, -0.2) is 9.59 Å². The molecule has 0 spiro atoms. The van der Waals surface area contributed by atoms with Crippen molar-refractivity contribution in [3.63, 3.8) is 0 Å². The van der Waals surface area contributed by atoms with E-state index in [4.69, 9.17) is 23.1 Å². The van der Waals surface area contributed by atoms with Gasteiger partial charge in [0.25, 0.3) is 16.6 Å². The van der Waals surface area contributed by atoms with Crippen LogP contribution in [0.25, 0.3) is 0 Å². The molecular formula is C19H24O11S. The molecule has 0 N–H and O–H groups in total. The van der Waals surface area contributed by atoms with E-state index in [1.54, 1.807) is 0 Å². The standard InChI is InChI=1S/C19H24O11S/c1-11(2)17(23)27-7-14(22)29-15-16-19(4-5-26-10-20)8-18(15,9-28-12(3)21)6-13(19)31(24,25)30-16/h10,13,15-16H,1,4-9H2,2-3H3. The van der Waals surface area contributed by atoms with Gasteiger partial charge in [0.2, 0.25) is 0 Å². The monoisotopic (exact) mass is 460 g/mol. The van der Waals surface area contributed by atoms with Gasteiger partial charge in [0.1, 0.15) is 18.8 Å². The molecule has 0 radical (unpaired) electrons. The summed E-state index contributed by atoms with van der Waals surface area (Å²) in [6.07, 6.45) is -1.66. The van der Waals surface area contributed by atoms with E-state index in [-0.39, 0.29) is 44.5 Å². The van der Waals surface area contributed by atoms with Crippen molar-refractivity contribution in [2.75, 3.05) is 19.8 Å². The number of hydrogen-bond acceptors (Lipinski definition) is 11. The summed E-state index contributed by atoms with van der Waals surface area (Å²) in [6, 6.07) is 0. The molecule has 5 unspecified atom stereocenters. The normalized spacial score (nSPS) is 34.1. The Morgan fingerprint density at radius 3 is 2.55 bits per heavy atom. The zero-order valence-corrected chi connectivity index (χ0v) is 18.0. The number of rotatable bonds is 10. The molecule has 11 nitrogen and oxygen atoms in total. The highest BCUT2D eigenvalue weighted by atomic mass is 32.2. The van der Waals surface area contributed by atoms with Crippen LogP contribution < -0.4 is 0 Å². The molecule has 3 rings (SSSR count). The van der Waals surface area contributed by atoms with Crippen LogP contribution in [0.2, 0.25) is 0 Å². The van der Waals surface area contributed by atoms with Crippen LogP contribution in [0, 0.1) is 10.8 Å². The first kappa shape index (κ1) is 23.2. The maximum Gasteiger partial charge on any atom is 0.344 e. The van der Waals surface area contributed by atoms with Gasteiger partial charge in [-0.2, -0.15) is 8.42 Å². The number of ether oxygens (including phenoxy) is 4. The van der Waals surface area contributed by atoms with Crippen LogP contribution in [0.5, 0.6) is 0 Å². The van der Waals surface area contributed by atoms with Gasteiger partial charge < -0.3 is 18.9 Å². The molecule has 1 aliphatic heterocycles. The number of hydrogen-bond donors (Lipinski definition) is 0. The largest absolute Gasteiger partial charge is 0.468 e. The number of carbonyl (C=O) groups is 4. The maximum atomic E-state index is 12.7. The van der Waals surface area contributed by atoms with Crippen LogP contribution in [0.1, 0.15) is 33.1 Å². The molecule has 2 bridgehead atoms. The van der Waals surface area contributed by atoms with Crippen molar-refractivity contribution in [2.45, 2.75) is 50.6 Å². The summed E-state index contributed by atoms with van der Waals surface area (Å²) in [4.78, 5) is 45.9. The lowest BCUT2D eigenvalue weighted by molar-refractivity contribution is -0.175. The molecule has 1 saturated heterocycles. The minimum Gasteiger partial charge on any atom is -0.468 e. The lowest BCUT2D eigenvalue weighted by Gasteiger charge is -2.37. The average molecular weight is 460 g/mol. The smallest absolute Gasteiger partial charge is 0.344 e. The number of carbonyl (C=O) groups excluding carboxylic acids is 4. The van der Waals surface area contributed by atoms with E-state index in [1.165, 1.54) is 13.8 Å². The summed E-state index contributed by atoms with van der Waals surface area (Å²) in [5, 5.41) is -0.910. The van der Waals surface area contributed by atoms with Crippen LogP contribution in [0.3, 0.4) is 0 Å². The van der Waals surface area contributed by atoms with Gasteiger partial charge in [-0.3, -0.25) is 13.8 Å². The molecule has 2 saturated carbocycles. The Labute approximate surface area is 179 Å². The summed E-state index contributed by atoms with van der Waals surface area (Å²) >= 11 is 0. The average Bonchev–Trinajstić information content (AvgIpc) is 3.19. The van der Waals surface area contributed by atoms with E-state index in [9.17, 15) is 27.6 Å². The zero-order chi connectivity index (χ0) is 23.0. The highest BCUT2D eigenvalue weighted by Gasteiger charge is 2.79. The molecule has 1 heterocycles. The molecule has 0 aromatic carbocycles. The van der Waals surface area contributed by atoms with Gasteiger partial charge in [0.15, 0.2) is 6.61 Å². The van der Waals surface area contributed by atoms with E-state index in [2.05, 4.69) is 6.58 Å². The van der Waals surface area contributed by atoms with Crippen molar-refractivity contribution < 1.29 is 50.7 Å². The van der Waals surface area contributed by atoms with E-state index in [0.29, 0.717) is 0 Å². The van der Waals surface area contributed by atoms with E-state index in [0.717, 1.165) is 0 Å². The molecular weight excluding hydrogens is 436 g/mol. The van der Waals surface area contributed by atoms with Gasteiger partial charge in [-0.05, 0) is 26.2 Å². The maximum absolute atomic E-state index is 12.7. The third kappa shape index (κ3) is 4.05. The predicted molar refractivity (Wildman–Crippen MR) is 101 cm³/mol. The van der Waals surface area contributed by atoms with Crippen molar-refractivity contribution in [3.05, 3.63) is 12.2 Å². The molecule has 0 aromatic heterocycles. The summed E-state index contributed by atoms with van der Waals surface area (Å²) < 4.78 is 51.0. The van der Waals surface area contributed by atoms with Gasteiger partial charge in [-0.15, -0.1) is 0 Å². The second-order valence-corrected chi connectivity index (χ2v) is 9.99. The predicted octanol–water partition coefficient (Wildman–Crippen LogP) is 0.0211. The lowest BCUT2D eigenvalue weighted by Crippen LogP contribution is -2.50. The first-order valence-electron chi connectivity index (χ1n) is 9.60. The van der Waals surface area contributed by atoms with Crippen molar-refractivity contribution in [1.29, 1.82) is 0 Å². The fourth-order valence-corrected chi connectivity index (χ4v) is 7.18. The fraction of sp³-hybridized carbons (Fsp3) is 0.684. The highest BCUT2D eigenvalue weighted by molar-refractivity contribution is 7.87. The van der Waals surface area contributed by atoms with Crippen LogP contribution in [0.15, 0.2) is 12.2 Å². The first-order valence-corrected chi connectivity index (χ1v) is 11.1. The molecule has 172 valence electrons. The minimum atomic E-state index is -3.98. The molecule has 31 heavy (non-hydrogen) atoms. The second-order valence-electron chi connectivity index (χ2n) is 8.24. The minimum absolute atomic E-state index is 0.0453. The SMILES string of the molecule is C=C(C)C(=O)OCC(=O)OC1C2OS(=O)(=O)C3CC1(COC(C)=O)CC23CCOC=O. The van der Waals surface area contributed by atoms with Gasteiger partial charge in [0.05, 0.1) is 11.9 Å². The Balaban J connectivity index is 1.87. The summed E-state index contributed by atoms with van der Waals surface area (Å²) in [6.45, 7) is 5.39. The van der Waals surface area contributed by atoms with Crippen LogP contribution in [0.4, 0.5) is 0 Å². The third-order valence-corrected chi connectivity index (χ3v) is 8.00. The number of fused-ring (bicyclic) bond motifs is 1. The molecule has 0 aromatic rings. The van der Waals surface area contributed by atoms with Crippen molar-refractivity contribution in [1.82, 2.24) is 0 Å². The Morgan fingerprint density at radius 2 is 1.94 bits per heavy atom. The topological polar surface area (TPSA) is 149 Å².